The summed E-state index contributed by atoms with van der Waals surface area (Å²) in [7, 11) is 0. The van der Waals surface area contributed by atoms with Gasteiger partial charge in [-0.1, -0.05) is 6.92 Å². The van der Waals surface area contributed by atoms with Crippen LogP contribution in [-0.2, 0) is 6.42 Å². The lowest BCUT2D eigenvalue weighted by molar-refractivity contribution is 0.705. The fraction of sp³-hybridized carbons (Fsp3) is 0.500. The van der Waals surface area contributed by atoms with Crippen molar-refractivity contribution in [1.82, 2.24) is 15.3 Å². The molecule has 1 aromatic heterocycles. The molecule has 0 aliphatic heterocycles. The topological polar surface area (TPSA) is 37.8 Å². The number of halogens is 1. The van der Waals surface area contributed by atoms with E-state index in [1.54, 1.807) is 12.4 Å². The molecule has 0 amide bonds. The summed E-state index contributed by atoms with van der Waals surface area (Å²) in [6, 6.07) is 0. The average molecular weight is 230 g/mol. The highest BCUT2D eigenvalue weighted by Crippen LogP contribution is 2.02. The molecular weight excluding hydrogens is 218 g/mol. The molecule has 1 aromatic rings. The molecule has 0 spiro atoms. The molecule has 66 valence electrons. The number of likely N-dealkylation sites (N-methyl/N-ethyl adjacent to an activating group) is 1. The lowest BCUT2D eigenvalue weighted by Crippen LogP contribution is -2.16. The molecule has 0 atom stereocenters. The Kier molecular flexibility index (Phi) is 4.18. The van der Waals surface area contributed by atoms with Gasteiger partial charge in [0, 0.05) is 19.2 Å². The maximum atomic E-state index is 4.20. The average Bonchev–Trinajstić information content (AvgIpc) is 2.09. The Balaban J connectivity index is 2.37. The van der Waals surface area contributed by atoms with Gasteiger partial charge in [0.25, 0.3) is 0 Å². The number of hydrogen-bond acceptors (Lipinski definition) is 3. The first-order valence-electron chi connectivity index (χ1n) is 4.00. The molecule has 1 rings (SSSR count). The third-order valence-electron chi connectivity index (χ3n) is 1.48. The molecule has 0 saturated carbocycles. The Labute approximate surface area is 80.7 Å². The molecular formula is C8H12BrN3. The van der Waals surface area contributed by atoms with E-state index in [2.05, 4.69) is 38.1 Å². The molecule has 0 saturated heterocycles. The van der Waals surface area contributed by atoms with Crippen molar-refractivity contribution in [2.24, 2.45) is 0 Å². The summed E-state index contributed by atoms with van der Waals surface area (Å²) < 4.78 is 0.787. The van der Waals surface area contributed by atoms with Gasteiger partial charge in [0.1, 0.15) is 4.60 Å². The maximum absolute atomic E-state index is 4.20. The van der Waals surface area contributed by atoms with Crippen LogP contribution < -0.4 is 5.32 Å². The monoisotopic (exact) mass is 229 g/mol. The maximum Gasteiger partial charge on any atom is 0.124 e. The van der Waals surface area contributed by atoms with Gasteiger partial charge < -0.3 is 5.32 Å². The minimum Gasteiger partial charge on any atom is -0.317 e. The van der Waals surface area contributed by atoms with Crippen LogP contribution in [0.1, 0.15) is 12.6 Å². The Morgan fingerprint density at radius 2 is 2.25 bits per heavy atom. The van der Waals surface area contributed by atoms with Crippen LogP contribution in [0.4, 0.5) is 0 Å². The highest BCUT2D eigenvalue weighted by atomic mass is 79.9. The van der Waals surface area contributed by atoms with E-state index in [1.165, 1.54) is 0 Å². The molecule has 0 bridgehead atoms. The van der Waals surface area contributed by atoms with Crippen LogP contribution in [0.2, 0.25) is 0 Å². The highest BCUT2D eigenvalue weighted by Gasteiger charge is 1.93. The molecule has 0 aliphatic rings. The summed E-state index contributed by atoms with van der Waals surface area (Å²) in [4.78, 5) is 8.28. The lowest BCUT2D eigenvalue weighted by Gasteiger charge is -2.00. The number of rotatable bonds is 4. The van der Waals surface area contributed by atoms with E-state index in [-0.39, 0.29) is 0 Å². The van der Waals surface area contributed by atoms with Gasteiger partial charge in [-0.25, -0.2) is 4.98 Å². The summed E-state index contributed by atoms with van der Waals surface area (Å²) in [6.07, 6.45) is 4.46. The van der Waals surface area contributed by atoms with Crippen LogP contribution in [0.5, 0.6) is 0 Å². The van der Waals surface area contributed by atoms with E-state index in [9.17, 15) is 0 Å². The third-order valence-corrected chi connectivity index (χ3v) is 1.89. The first-order chi connectivity index (χ1) is 5.83. The standard InChI is InChI=1S/C8H12BrN3/c1-2-10-4-3-7-5-12-8(9)6-11-7/h5-6,10H,2-4H2,1H3. The predicted molar refractivity (Wildman–Crippen MR) is 52.0 cm³/mol. The fourth-order valence-electron chi connectivity index (χ4n) is 0.861. The quantitative estimate of drug-likeness (QED) is 0.794. The molecule has 0 aromatic carbocycles. The van der Waals surface area contributed by atoms with Crippen LogP contribution in [0.15, 0.2) is 17.0 Å². The predicted octanol–water partition coefficient (Wildman–Crippen LogP) is 1.39. The third kappa shape index (κ3) is 3.28. The van der Waals surface area contributed by atoms with E-state index in [4.69, 9.17) is 0 Å². The van der Waals surface area contributed by atoms with Crippen LogP contribution >= 0.6 is 15.9 Å². The summed E-state index contributed by atoms with van der Waals surface area (Å²) in [5.41, 5.74) is 1.03. The van der Waals surface area contributed by atoms with Crippen molar-refractivity contribution in [3.05, 3.63) is 22.7 Å². The SMILES string of the molecule is CCNCCc1cnc(Br)cn1. The van der Waals surface area contributed by atoms with Gasteiger partial charge in [-0.15, -0.1) is 0 Å². The van der Waals surface area contributed by atoms with Crippen LogP contribution in [0.3, 0.4) is 0 Å². The Bertz CT molecular complexity index is 222. The minimum absolute atomic E-state index is 0.787. The first kappa shape index (κ1) is 9.61. The Morgan fingerprint density at radius 1 is 1.42 bits per heavy atom. The zero-order valence-electron chi connectivity index (χ0n) is 7.05. The molecule has 4 heteroatoms. The summed E-state index contributed by atoms with van der Waals surface area (Å²) >= 11 is 3.24. The lowest BCUT2D eigenvalue weighted by atomic mass is 10.3. The van der Waals surface area contributed by atoms with Crippen LogP contribution in [-0.4, -0.2) is 23.1 Å². The van der Waals surface area contributed by atoms with Crippen molar-refractivity contribution < 1.29 is 0 Å². The highest BCUT2D eigenvalue weighted by molar-refractivity contribution is 9.10. The van der Waals surface area contributed by atoms with E-state index in [0.717, 1.165) is 29.8 Å². The van der Waals surface area contributed by atoms with Crippen LogP contribution in [0.25, 0.3) is 0 Å². The van der Waals surface area contributed by atoms with Crippen molar-refractivity contribution >= 4 is 15.9 Å². The molecule has 0 fully saturated rings. The van der Waals surface area contributed by atoms with Gasteiger partial charge >= 0.3 is 0 Å². The summed E-state index contributed by atoms with van der Waals surface area (Å²) in [5.74, 6) is 0. The number of hydrogen-bond donors (Lipinski definition) is 1. The second-order valence-corrected chi connectivity index (χ2v) is 3.25. The van der Waals surface area contributed by atoms with Gasteiger partial charge in [-0.2, -0.15) is 0 Å². The van der Waals surface area contributed by atoms with Crippen molar-refractivity contribution in [2.45, 2.75) is 13.3 Å². The molecule has 0 unspecified atom stereocenters. The normalized spacial score (nSPS) is 10.2. The van der Waals surface area contributed by atoms with Gasteiger partial charge in [-0.05, 0) is 22.5 Å². The minimum atomic E-state index is 0.787. The summed E-state index contributed by atoms with van der Waals surface area (Å²) in [5, 5.41) is 3.23. The largest absolute Gasteiger partial charge is 0.317 e. The molecule has 1 N–H and O–H groups in total. The summed E-state index contributed by atoms with van der Waals surface area (Å²) in [6.45, 7) is 4.06. The molecule has 0 aliphatic carbocycles. The Hall–Kier alpha value is -0.480. The number of aromatic nitrogens is 2. The second kappa shape index (κ2) is 5.22. The zero-order chi connectivity index (χ0) is 8.81. The van der Waals surface area contributed by atoms with E-state index in [0.29, 0.717) is 0 Å². The van der Waals surface area contributed by atoms with Crippen molar-refractivity contribution in [3.8, 4) is 0 Å². The first-order valence-corrected chi connectivity index (χ1v) is 4.79. The van der Waals surface area contributed by atoms with Crippen molar-refractivity contribution in [3.63, 3.8) is 0 Å². The number of nitrogens with zero attached hydrogens (tertiary/aromatic N) is 2. The van der Waals surface area contributed by atoms with Gasteiger partial charge in [0.05, 0.1) is 11.9 Å². The molecule has 3 nitrogen and oxygen atoms in total. The smallest absolute Gasteiger partial charge is 0.124 e. The van der Waals surface area contributed by atoms with Crippen molar-refractivity contribution in [2.75, 3.05) is 13.1 Å². The van der Waals surface area contributed by atoms with E-state index >= 15 is 0 Å². The van der Waals surface area contributed by atoms with Crippen molar-refractivity contribution in [1.29, 1.82) is 0 Å². The van der Waals surface area contributed by atoms with Crippen LogP contribution in [0, 0.1) is 0 Å². The molecule has 1 heterocycles. The molecule has 12 heavy (non-hydrogen) atoms. The second-order valence-electron chi connectivity index (χ2n) is 2.43. The fourth-order valence-corrected chi connectivity index (χ4v) is 1.07. The van der Waals surface area contributed by atoms with E-state index in [1.807, 2.05) is 0 Å². The van der Waals surface area contributed by atoms with E-state index < -0.39 is 0 Å². The van der Waals surface area contributed by atoms with Gasteiger partial charge in [0.15, 0.2) is 0 Å². The number of nitrogens with one attached hydrogen (secondary N) is 1. The van der Waals surface area contributed by atoms with Gasteiger partial charge in [0.2, 0.25) is 0 Å². The zero-order valence-corrected chi connectivity index (χ0v) is 8.63. The molecule has 0 radical (unpaired) electrons. The Morgan fingerprint density at radius 3 is 2.83 bits per heavy atom. The van der Waals surface area contributed by atoms with Gasteiger partial charge in [-0.3, -0.25) is 4.98 Å².